The SMILES string of the molecule is CCOS(=O)c1c(C)cc(C)cc1C. The third-order valence-corrected chi connectivity index (χ3v) is 3.42. The molecule has 0 aliphatic carbocycles. The highest BCUT2D eigenvalue weighted by Crippen LogP contribution is 2.20. The van der Waals surface area contributed by atoms with E-state index < -0.39 is 11.1 Å². The van der Waals surface area contributed by atoms with E-state index in [0.717, 1.165) is 16.0 Å². The van der Waals surface area contributed by atoms with Gasteiger partial charge in [-0.1, -0.05) is 17.7 Å². The van der Waals surface area contributed by atoms with Crippen LogP contribution in [0.1, 0.15) is 23.6 Å². The van der Waals surface area contributed by atoms with Crippen LogP contribution in [-0.4, -0.2) is 10.8 Å². The van der Waals surface area contributed by atoms with Crippen molar-refractivity contribution in [1.82, 2.24) is 0 Å². The minimum absolute atomic E-state index is 0.472. The van der Waals surface area contributed by atoms with Gasteiger partial charge >= 0.3 is 0 Å². The Hall–Kier alpha value is -0.670. The lowest BCUT2D eigenvalue weighted by atomic mass is 10.1. The molecule has 0 radical (unpaired) electrons. The van der Waals surface area contributed by atoms with Crippen LogP contribution in [0, 0.1) is 20.8 Å². The van der Waals surface area contributed by atoms with Crippen LogP contribution in [0.4, 0.5) is 0 Å². The molecule has 1 rings (SSSR count). The van der Waals surface area contributed by atoms with Crippen molar-refractivity contribution in [3.8, 4) is 0 Å². The lowest BCUT2D eigenvalue weighted by molar-refractivity contribution is 0.371. The smallest absolute Gasteiger partial charge is 0.189 e. The molecule has 0 aliphatic heterocycles. The Kier molecular flexibility index (Phi) is 3.84. The van der Waals surface area contributed by atoms with E-state index in [9.17, 15) is 4.21 Å². The Labute approximate surface area is 88.0 Å². The second-order valence-electron chi connectivity index (χ2n) is 3.37. The Morgan fingerprint density at radius 3 is 2.14 bits per heavy atom. The van der Waals surface area contributed by atoms with Gasteiger partial charge in [0.15, 0.2) is 11.1 Å². The van der Waals surface area contributed by atoms with Gasteiger partial charge in [0, 0.05) is 0 Å². The van der Waals surface area contributed by atoms with Gasteiger partial charge in [0.1, 0.15) is 0 Å². The lowest BCUT2D eigenvalue weighted by Gasteiger charge is -2.09. The Bertz CT molecular complexity index is 335. The first-order valence-electron chi connectivity index (χ1n) is 4.69. The molecule has 14 heavy (non-hydrogen) atoms. The monoisotopic (exact) mass is 212 g/mol. The van der Waals surface area contributed by atoms with Gasteiger partial charge in [0.2, 0.25) is 0 Å². The van der Waals surface area contributed by atoms with E-state index in [1.165, 1.54) is 5.56 Å². The first kappa shape index (κ1) is 11.4. The first-order valence-corrected chi connectivity index (χ1v) is 5.76. The quantitative estimate of drug-likeness (QED) is 0.770. The zero-order chi connectivity index (χ0) is 10.7. The van der Waals surface area contributed by atoms with Crippen LogP contribution in [0.2, 0.25) is 0 Å². The first-order chi connectivity index (χ1) is 6.56. The molecule has 1 atom stereocenters. The molecule has 1 aromatic rings. The number of aryl methyl sites for hydroxylation is 3. The summed E-state index contributed by atoms with van der Waals surface area (Å²) in [5.41, 5.74) is 3.26. The van der Waals surface area contributed by atoms with Gasteiger partial charge in [0.05, 0.1) is 11.5 Å². The minimum Gasteiger partial charge on any atom is -0.287 e. The third kappa shape index (κ3) is 2.42. The molecular weight excluding hydrogens is 196 g/mol. The highest BCUT2D eigenvalue weighted by Gasteiger charge is 2.11. The summed E-state index contributed by atoms with van der Waals surface area (Å²) in [6.45, 7) is 8.28. The van der Waals surface area contributed by atoms with Gasteiger partial charge in [-0.05, 0) is 38.8 Å². The minimum atomic E-state index is -1.31. The topological polar surface area (TPSA) is 26.3 Å². The van der Waals surface area contributed by atoms with E-state index in [1.807, 2.05) is 39.8 Å². The van der Waals surface area contributed by atoms with Gasteiger partial charge in [-0.15, -0.1) is 0 Å². The molecule has 0 saturated carbocycles. The zero-order valence-electron chi connectivity index (χ0n) is 9.09. The fourth-order valence-electron chi connectivity index (χ4n) is 1.60. The summed E-state index contributed by atoms with van der Waals surface area (Å²) in [6, 6.07) is 4.05. The summed E-state index contributed by atoms with van der Waals surface area (Å²) in [6.07, 6.45) is 0. The van der Waals surface area contributed by atoms with Gasteiger partial charge in [0.25, 0.3) is 0 Å². The maximum Gasteiger partial charge on any atom is 0.189 e. The van der Waals surface area contributed by atoms with Crippen LogP contribution in [-0.2, 0) is 15.3 Å². The molecule has 0 aromatic heterocycles. The molecular formula is C11H16O2S. The maximum absolute atomic E-state index is 11.7. The van der Waals surface area contributed by atoms with Crippen LogP contribution < -0.4 is 0 Å². The van der Waals surface area contributed by atoms with Crippen molar-refractivity contribution < 1.29 is 8.39 Å². The summed E-state index contributed by atoms with van der Waals surface area (Å²) in [5, 5.41) is 0. The second-order valence-corrected chi connectivity index (χ2v) is 4.48. The van der Waals surface area contributed by atoms with E-state index in [-0.39, 0.29) is 0 Å². The van der Waals surface area contributed by atoms with Crippen LogP contribution in [0.15, 0.2) is 17.0 Å². The van der Waals surface area contributed by atoms with E-state index in [0.29, 0.717) is 6.61 Å². The van der Waals surface area contributed by atoms with E-state index in [1.54, 1.807) is 0 Å². The number of rotatable bonds is 3. The van der Waals surface area contributed by atoms with E-state index >= 15 is 0 Å². The largest absolute Gasteiger partial charge is 0.287 e. The Morgan fingerprint density at radius 2 is 1.71 bits per heavy atom. The van der Waals surface area contributed by atoms with Crippen molar-refractivity contribution in [2.75, 3.05) is 6.61 Å². The number of benzene rings is 1. The molecule has 0 spiro atoms. The molecule has 0 N–H and O–H groups in total. The van der Waals surface area contributed by atoms with Gasteiger partial charge in [-0.3, -0.25) is 4.18 Å². The summed E-state index contributed by atoms with van der Waals surface area (Å²) in [5.74, 6) is 0. The molecule has 0 heterocycles. The summed E-state index contributed by atoms with van der Waals surface area (Å²) in [7, 11) is 0. The molecule has 0 amide bonds. The lowest BCUT2D eigenvalue weighted by Crippen LogP contribution is -2.02. The van der Waals surface area contributed by atoms with Crippen molar-refractivity contribution >= 4 is 11.1 Å². The van der Waals surface area contributed by atoms with Gasteiger partial charge < -0.3 is 0 Å². The zero-order valence-corrected chi connectivity index (χ0v) is 9.90. The highest BCUT2D eigenvalue weighted by atomic mass is 32.2. The normalized spacial score (nSPS) is 12.9. The van der Waals surface area contributed by atoms with Crippen LogP contribution in [0.25, 0.3) is 0 Å². The van der Waals surface area contributed by atoms with Gasteiger partial charge in [-0.2, -0.15) is 0 Å². The van der Waals surface area contributed by atoms with Crippen molar-refractivity contribution in [3.63, 3.8) is 0 Å². The molecule has 0 aliphatic rings. The van der Waals surface area contributed by atoms with Crippen LogP contribution in [0.3, 0.4) is 0 Å². The molecule has 0 bridgehead atoms. The molecule has 1 unspecified atom stereocenters. The van der Waals surface area contributed by atoms with Crippen molar-refractivity contribution in [1.29, 1.82) is 0 Å². The molecule has 2 nitrogen and oxygen atoms in total. The fraction of sp³-hybridized carbons (Fsp3) is 0.455. The van der Waals surface area contributed by atoms with E-state index in [2.05, 4.69) is 0 Å². The highest BCUT2D eigenvalue weighted by molar-refractivity contribution is 7.80. The molecule has 0 fully saturated rings. The van der Waals surface area contributed by atoms with Crippen molar-refractivity contribution in [2.24, 2.45) is 0 Å². The van der Waals surface area contributed by atoms with Crippen LogP contribution in [0.5, 0.6) is 0 Å². The summed E-state index contributed by atoms with van der Waals surface area (Å²) in [4.78, 5) is 0.817. The Balaban J connectivity index is 3.14. The van der Waals surface area contributed by atoms with Crippen molar-refractivity contribution in [2.45, 2.75) is 32.6 Å². The molecule has 78 valence electrons. The number of hydrogen-bond acceptors (Lipinski definition) is 2. The molecule has 1 aromatic carbocycles. The maximum atomic E-state index is 11.7. The second kappa shape index (κ2) is 4.71. The summed E-state index contributed by atoms with van der Waals surface area (Å²) >= 11 is -1.31. The number of hydrogen-bond donors (Lipinski definition) is 0. The predicted molar refractivity (Wildman–Crippen MR) is 58.7 cm³/mol. The standard InChI is InChI=1S/C11H16O2S/c1-5-13-14(12)11-9(3)6-8(2)7-10(11)4/h6-7H,5H2,1-4H3. The Morgan fingerprint density at radius 1 is 1.21 bits per heavy atom. The average Bonchev–Trinajstić information content (AvgIpc) is 2.01. The predicted octanol–water partition coefficient (Wildman–Crippen LogP) is 2.67. The average molecular weight is 212 g/mol. The van der Waals surface area contributed by atoms with Crippen molar-refractivity contribution in [3.05, 3.63) is 28.8 Å². The van der Waals surface area contributed by atoms with Gasteiger partial charge in [-0.25, -0.2) is 4.21 Å². The summed E-state index contributed by atoms with van der Waals surface area (Å²) < 4.78 is 16.8. The molecule has 3 heteroatoms. The third-order valence-electron chi connectivity index (χ3n) is 2.00. The fourth-order valence-corrected chi connectivity index (χ4v) is 2.57. The van der Waals surface area contributed by atoms with Crippen LogP contribution >= 0.6 is 0 Å². The molecule has 0 saturated heterocycles. The van der Waals surface area contributed by atoms with E-state index in [4.69, 9.17) is 4.18 Å².